The highest BCUT2D eigenvalue weighted by Gasteiger charge is 2.17. The molecule has 1 aliphatic heterocycles. The van der Waals surface area contributed by atoms with E-state index in [1.165, 1.54) is 6.42 Å². The van der Waals surface area contributed by atoms with Crippen molar-refractivity contribution in [2.24, 2.45) is 0 Å². The third-order valence-corrected chi connectivity index (χ3v) is 3.90. The van der Waals surface area contributed by atoms with Gasteiger partial charge in [-0.05, 0) is 36.6 Å². The summed E-state index contributed by atoms with van der Waals surface area (Å²) in [6.07, 6.45) is 6.22. The van der Waals surface area contributed by atoms with Crippen LogP contribution in [0.1, 0.15) is 36.5 Å². The number of nitriles is 1. The van der Waals surface area contributed by atoms with Gasteiger partial charge >= 0.3 is 0 Å². The zero-order valence-corrected chi connectivity index (χ0v) is 12.3. The minimum Gasteiger partial charge on any atom is -0.310 e. The fourth-order valence-corrected chi connectivity index (χ4v) is 2.68. The maximum absolute atomic E-state index is 9.46. The van der Waals surface area contributed by atoms with E-state index in [-0.39, 0.29) is 0 Å². The quantitative estimate of drug-likeness (QED) is 0.794. The second-order valence-corrected chi connectivity index (χ2v) is 5.56. The molecule has 5 heteroatoms. The highest BCUT2D eigenvalue weighted by Crippen LogP contribution is 2.21. The van der Waals surface area contributed by atoms with Crippen molar-refractivity contribution in [2.75, 3.05) is 0 Å². The number of hydrogen-bond acceptors (Lipinski definition) is 3. The van der Waals surface area contributed by atoms with Crippen LogP contribution < -0.4 is 0 Å². The molecule has 0 aliphatic carbocycles. The van der Waals surface area contributed by atoms with Gasteiger partial charge in [0.05, 0.1) is 5.57 Å². The first-order chi connectivity index (χ1) is 10.3. The Kier molecular flexibility index (Phi) is 4.03. The number of rotatable bonds is 2. The van der Waals surface area contributed by atoms with E-state index in [9.17, 15) is 5.26 Å². The Hall–Kier alpha value is -2.12. The van der Waals surface area contributed by atoms with Crippen molar-refractivity contribution >= 4 is 23.3 Å². The molecule has 2 heterocycles. The number of allylic oxidation sites excluding steroid dienone is 1. The second-order valence-electron chi connectivity index (χ2n) is 5.12. The Bertz CT molecular complexity index is 707. The van der Waals surface area contributed by atoms with Crippen LogP contribution in [0.3, 0.4) is 0 Å². The van der Waals surface area contributed by atoms with Gasteiger partial charge in [-0.1, -0.05) is 30.2 Å². The van der Waals surface area contributed by atoms with Crippen molar-refractivity contribution in [1.82, 2.24) is 14.8 Å². The van der Waals surface area contributed by atoms with E-state index in [0.29, 0.717) is 16.4 Å². The average Bonchev–Trinajstić information content (AvgIpc) is 2.75. The van der Waals surface area contributed by atoms with Crippen molar-refractivity contribution in [3.63, 3.8) is 0 Å². The fraction of sp³-hybridized carbons (Fsp3) is 0.312. The minimum atomic E-state index is 0.540. The molecule has 2 aromatic rings. The zero-order valence-electron chi connectivity index (χ0n) is 11.6. The van der Waals surface area contributed by atoms with E-state index in [4.69, 9.17) is 11.6 Å². The molecule has 0 N–H and O–H groups in total. The summed E-state index contributed by atoms with van der Waals surface area (Å²) in [4.78, 5) is 0. The van der Waals surface area contributed by atoms with E-state index in [1.807, 2.05) is 30.3 Å². The van der Waals surface area contributed by atoms with Crippen LogP contribution in [0.2, 0.25) is 5.02 Å². The van der Waals surface area contributed by atoms with Crippen molar-refractivity contribution < 1.29 is 0 Å². The summed E-state index contributed by atoms with van der Waals surface area (Å²) in [6, 6.07) is 9.64. The number of aromatic nitrogens is 3. The fourth-order valence-electron chi connectivity index (χ4n) is 2.56. The first-order valence-corrected chi connectivity index (χ1v) is 7.45. The van der Waals surface area contributed by atoms with Crippen LogP contribution in [-0.2, 0) is 13.0 Å². The van der Waals surface area contributed by atoms with Gasteiger partial charge in [0.1, 0.15) is 11.9 Å². The molecule has 1 aromatic carbocycles. The minimum absolute atomic E-state index is 0.540. The molecule has 3 rings (SSSR count). The van der Waals surface area contributed by atoms with Gasteiger partial charge in [-0.15, -0.1) is 10.2 Å². The molecule has 1 aromatic heterocycles. The van der Waals surface area contributed by atoms with Crippen LogP contribution in [0.5, 0.6) is 0 Å². The maximum atomic E-state index is 9.46. The number of benzene rings is 1. The summed E-state index contributed by atoms with van der Waals surface area (Å²) >= 11 is 5.88. The normalized spacial score (nSPS) is 15.1. The molecule has 106 valence electrons. The lowest BCUT2D eigenvalue weighted by atomic mass is 10.1. The molecular formula is C16H15ClN4. The van der Waals surface area contributed by atoms with Crippen molar-refractivity contribution in [3.8, 4) is 6.07 Å². The number of aryl methyl sites for hydroxylation is 1. The van der Waals surface area contributed by atoms with Crippen molar-refractivity contribution in [1.29, 1.82) is 5.26 Å². The number of hydrogen-bond donors (Lipinski definition) is 0. The van der Waals surface area contributed by atoms with E-state index in [2.05, 4.69) is 20.8 Å². The Balaban J connectivity index is 1.99. The lowest BCUT2D eigenvalue weighted by Crippen LogP contribution is -2.05. The van der Waals surface area contributed by atoms with Crippen LogP contribution >= 0.6 is 11.6 Å². The highest BCUT2D eigenvalue weighted by atomic mass is 35.5. The molecule has 0 radical (unpaired) electrons. The predicted molar refractivity (Wildman–Crippen MR) is 82.5 cm³/mol. The molecule has 0 fully saturated rings. The zero-order chi connectivity index (χ0) is 14.7. The second kappa shape index (κ2) is 6.11. The van der Waals surface area contributed by atoms with Crippen LogP contribution in [0, 0.1) is 11.3 Å². The third kappa shape index (κ3) is 2.98. The van der Waals surface area contributed by atoms with Crippen LogP contribution in [0.25, 0.3) is 11.6 Å². The van der Waals surface area contributed by atoms with Gasteiger partial charge in [0, 0.05) is 18.0 Å². The first kappa shape index (κ1) is 13.8. The molecule has 0 atom stereocenters. The van der Waals surface area contributed by atoms with Gasteiger partial charge in [0.25, 0.3) is 0 Å². The lowest BCUT2D eigenvalue weighted by Gasteiger charge is -2.05. The van der Waals surface area contributed by atoms with E-state index in [1.54, 1.807) is 0 Å². The topological polar surface area (TPSA) is 54.5 Å². The smallest absolute Gasteiger partial charge is 0.174 e. The van der Waals surface area contributed by atoms with Crippen molar-refractivity contribution in [3.05, 3.63) is 46.5 Å². The maximum Gasteiger partial charge on any atom is 0.174 e. The summed E-state index contributed by atoms with van der Waals surface area (Å²) in [5, 5.41) is 18.6. The summed E-state index contributed by atoms with van der Waals surface area (Å²) in [5.74, 6) is 1.66. The molecule has 1 aliphatic rings. The number of fused-ring (bicyclic) bond motifs is 1. The van der Waals surface area contributed by atoms with Crippen LogP contribution in [-0.4, -0.2) is 14.8 Å². The SMILES string of the molecule is N#C/C(=C/c1ccc(Cl)cc1)c1nnc2n1CCCCC2. The standard InChI is InChI=1S/C16H15ClN4/c17-14-7-5-12(6-8-14)10-13(11-18)16-20-19-15-4-2-1-3-9-21(15)16/h5-8,10H,1-4,9H2/b13-10-. The molecule has 0 spiro atoms. The summed E-state index contributed by atoms with van der Waals surface area (Å²) in [5.41, 5.74) is 1.47. The van der Waals surface area contributed by atoms with Crippen LogP contribution in [0.4, 0.5) is 0 Å². The van der Waals surface area contributed by atoms with Gasteiger partial charge < -0.3 is 4.57 Å². The molecule has 0 amide bonds. The van der Waals surface area contributed by atoms with Crippen LogP contribution in [0.15, 0.2) is 24.3 Å². The van der Waals surface area contributed by atoms with E-state index < -0.39 is 0 Å². The molecule has 0 saturated heterocycles. The molecule has 21 heavy (non-hydrogen) atoms. The Morgan fingerprint density at radius 3 is 2.76 bits per heavy atom. The number of nitrogens with zero attached hydrogens (tertiary/aromatic N) is 4. The monoisotopic (exact) mass is 298 g/mol. The predicted octanol–water partition coefficient (Wildman–Crippen LogP) is 3.72. The van der Waals surface area contributed by atoms with Crippen molar-refractivity contribution in [2.45, 2.75) is 32.2 Å². The summed E-state index contributed by atoms with van der Waals surface area (Å²) < 4.78 is 2.08. The Morgan fingerprint density at radius 1 is 1.19 bits per heavy atom. The van der Waals surface area contributed by atoms with Gasteiger partial charge in [0.2, 0.25) is 0 Å². The molecule has 0 saturated carbocycles. The van der Waals surface area contributed by atoms with Gasteiger partial charge in [-0.2, -0.15) is 5.26 Å². The number of halogens is 1. The average molecular weight is 299 g/mol. The molecule has 4 nitrogen and oxygen atoms in total. The molecule has 0 bridgehead atoms. The molecular weight excluding hydrogens is 284 g/mol. The Morgan fingerprint density at radius 2 is 2.00 bits per heavy atom. The van der Waals surface area contributed by atoms with E-state index in [0.717, 1.165) is 37.2 Å². The van der Waals surface area contributed by atoms with E-state index >= 15 is 0 Å². The Labute approximate surface area is 128 Å². The van der Waals surface area contributed by atoms with Gasteiger partial charge in [-0.25, -0.2) is 0 Å². The lowest BCUT2D eigenvalue weighted by molar-refractivity contribution is 0.627. The summed E-state index contributed by atoms with van der Waals surface area (Å²) in [6.45, 7) is 0.886. The highest BCUT2D eigenvalue weighted by molar-refractivity contribution is 6.30. The molecule has 0 unspecified atom stereocenters. The third-order valence-electron chi connectivity index (χ3n) is 3.65. The van der Waals surface area contributed by atoms with Gasteiger partial charge in [-0.3, -0.25) is 0 Å². The van der Waals surface area contributed by atoms with Gasteiger partial charge in [0.15, 0.2) is 5.82 Å². The largest absolute Gasteiger partial charge is 0.310 e. The first-order valence-electron chi connectivity index (χ1n) is 7.08. The summed E-state index contributed by atoms with van der Waals surface area (Å²) in [7, 11) is 0.